The normalized spacial score (nSPS) is 13.4. The van der Waals surface area contributed by atoms with Gasteiger partial charge in [-0.3, -0.25) is 4.79 Å². The van der Waals surface area contributed by atoms with Gasteiger partial charge in [-0.2, -0.15) is 0 Å². The maximum Gasteiger partial charge on any atom is 0.304 e. The number of carbonyl (C=O) groups is 1. The number of aliphatic hydroxyl groups is 1. The number of benzene rings is 1. The molecule has 0 heterocycles. The highest BCUT2D eigenvalue weighted by Gasteiger charge is 2.19. The van der Waals surface area contributed by atoms with Crippen molar-refractivity contribution in [1.82, 2.24) is 0 Å². The Balaban J connectivity index is 3.07. The van der Waals surface area contributed by atoms with Gasteiger partial charge in [0.1, 0.15) is 0 Å². The molecule has 0 aromatic heterocycles. The molecule has 0 aliphatic rings. The summed E-state index contributed by atoms with van der Waals surface area (Å²) in [5, 5.41) is 18.2. The van der Waals surface area contributed by atoms with Crippen LogP contribution < -0.4 is 0 Å². The van der Waals surface area contributed by atoms with Crippen LogP contribution in [0.4, 0.5) is 0 Å². The lowest BCUT2D eigenvalue weighted by atomic mass is 9.83. The molecule has 1 aromatic carbocycles. The van der Waals surface area contributed by atoms with E-state index in [2.05, 4.69) is 26.8 Å². The molecular weight excluding hydrogens is 228 g/mol. The van der Waals surface area contributed by atoms with Gasteiger partial charge >= 0.3 is 5.97 Å². The molecule has 1 atom stereocenters. The first-order valence-electron chi connectivity index (χ1n) is 6.19. The SMILES string of the molecule is Cc1cc(C(C)(C)C)ccc1C(CO)CC(=O)O. The third-order valence-corrected chi connectivity index (χ3v) is 3.22. The van der Waals surface area contributed by atoms with Gasteiger partial charge < -0.3 is 10.2 Å². The highest BCUT2D eigenvalue weighted by molar-refractivity contribution is 5.68. The maximum atomic E-state index is 10.8. The number of hydrogen-bond donors (Lipinski definition) is 2. The number of carboxylic acid groups (broad SMARTS) is 1. The van der Waals surface area contributed by atoms with E-state index in [1.165, 1.54) is 5.56 Å². The number of aryl methyl sites for hydroxylation is 1. The Morgan fingerprint density at radius 2 is 1.94 bits per heavy atom. The van der Waals surface area contributed by atoms with Crippen molar-refractivity contribution in [2.75, 3.05) is 6.61 Å². The van der Waals surface area contributed by atoms with E-state index in [0.29, 0.717) is 0 Å². The lowest BCUT2D eigenvalue weighted by Gasteiger charge is -2.22. The second-order valence-electron chi connectivity index (χ2n) is 5.80. The van der Waals surface area contributed by atoms with Crippen molar-refractivity contribution in [2.45, 2.75) is 45.4 Å². The van der Waals surface area contributed by atoms with Crippen LogP contribution in [0.2, 0.25) is 0 Å². The van der Waals surface area contributed by atoms with Crippen LogP contribution >= 0.6 is 0 Å². The molecule has 1 unspecified atom stereocenters. The minimum atomic E-state index is -0.881. The average molecular weight is 250 g/mol. The van der Waals surface area contributed by atoms with Crippen LogP contribution in [-0.2, 0) is 10.2 Å². The summed E-state index contributed by atoms with van der Waals surface area (Å²) in [5.41, 5.74) is 3.26. The van der Waals surface area contributed by atoms with Gasteiger partial charge in [0.25, 0.3) is 0 Å². The van der Waals surface area contributed by atoms with Crippen molar-refractivity contribution < 1.29 is 15.0 Å². The van der Waals surface area contributed by atoms with Crippen LogP contribution in [0.5, 0.6) is 0 Å². The molecule has 0 amide bonds. The Labute approximate surface area is 108 Å². The molecule has 1 rings (SSSR count). The van der Waals surface area contributed by atoms with Crippen LogP contribution in [0.25, 0.3) is 0 Å². The van der Waals surface area contributed by atoms with Crippen LogP contribution in [0.15, 0.2) is 18.2 Å². The minimum Gasteiger partial charge on any atom is -0.481 e. The third-order valence-electron chi connectivity index (χ3n) is 3.22. The predicted molar refractivity (Wildman–Crippen MR) is 72.0 cm³/mol. The van der Waals surface area contributed by atoms with Crippen LogP contribution in [0, 0.1) is 6.92 Å². The summed E-state index contributed by atoms with van der Waals surface area (Å²) in [6.07, 6.45) is -0.0355. The molecule has 0 spiro atoms. The molecular formula is C15H22O3. The summed E-state index contributed by atoms with van der Waals surface area (Å²) in [6, 6.07) is 6.05. The highest BCUT2D eigenvalue weighted by atomic mass is 16.4. The van der Waals surface area contributed by atoms with Gasteiger partial charge in [-0.05, 0) is 29.0 Å². The smallest absolute Gasteiger partial charge is 0.304 e. The zero-order chi connectivity index (χ0) is 13.9. The summed E-state index contributed by atoms with van der Waals surface area (Å²) >= 11 is 0. The Kier molecular flexibility index (Phi) is 4.52. The lowest BCUT2D eigenvalue weighted by molar-refractivity contribution is -0.137. The first kappa shape index (κ1) is 14.7. The molecule has 18 heavy (non-hydrogen) atoms. The summed E-state index contributed by atoms with van der Waals surface area (Å²) in [4.78, 5) is 10.8. The number of carboxylic acids is 1. The Hall–Kier alpha value is -1.35. The fraction of sp³-hybridized carbons (Fsp3) is 0.533. The Morgan fingerprint density at radius 1 is 1.33 bits per heavy atom. The zero-order valence-electron chi connectivity index (χ0n) is 11.5. The second kappa shape index (κ2) is 5.53. The summed E-state index contributed by atoms with van der Waals surface area (Å²) in [6.45, 7) is 8.25. The predicted octanol–water partition coefficient (Wildman–Crippen LogP) is 2.84. The molecule has 2 N–H and O–H groups in total. The maximum absolute atomic E-state index is 10.8. The quantitative estimate of drug-likeness (QED) is 0.864. The highest BCUT2D eigenvalue weighted by Crippen LogP contribution is 2.28. The molecule has 0 aliphatic heterocycles. The van der Waals surface area contributed by atoms with E-state index >= 15 is 0 Å². The van der Waals surface area contributed by atoms with Gasteiger partial charge in [0.05, 0.1) is 13.0 Å². The van der Waals surface area contributed by atoms with E-state index in [9.17, 15) is 9.90 Å². The Morgan fingerprint density at radius 3 is 2.33 bits per heavy atom. The van der Waals surface area contributed by atoms with Crippen molar-refractivity contribution in [3.05, 3.63) is 34.9 Å². The Bertz CT molecular complexity index is 430. The number of aliphatic carboxylic acids is 1. The molecule has 0 saturated carbocycles. The van der Waals surface area contributed by atoms with E-state index in [-0.39, 0.29) is 24.4 Å². The molecule has 0 fully saturated rings. The molecule has 0 aliphatic carbocycles. The largest absolute Gasteiger partial charge is 0.481 e. The van der Waals surface area contributed by atoms with E-state index < -0.39 is 5.97 Å². The van der Waals surface area contributed by atoms with E-state index in [1.807, 2.05) is 19.1 Å². The monoisotopic (exact) mass is 250 g/mol. The van der Waals surface area contributed by atoms with E-state index in [4.69, 9.17) is 5.11 Å². The van der Waals surface area contributed by atoms with Gasteiger partial charge in [-0.25, -0.2) is 0 Å². The molecule has 0 bridgehead atoms. The van der Waals surface area contributed by atoms with Gasteiger partial charge in [0.15, 0.2) is 0 Å². The first-order valence-corrected chi connectivity index (χ1v) is 6.19. The van der Waals surface area contributed by atoms with Crippen LogP contribution in [0.3, 0.4) is 0 Å². The van der Waals surface area contributed by atoms with Crippen LogP contribution in [-0.4, -0.2) is 22.8 Å². The number of rotatable bonds is 4. The topological polar surface area (TPSA) is 57.5 Å². The standard InChI is InChI=1S/C15H22O3/c1-10-7-12(15(2,3)4)5-6-13(10)11(9-16)8-14(17)18/h5-7,11,16H,8-9H2,1-4H3,(H,17,18). The van der Waals surface area contributed by atoms with Gasteiger partial charge in [0, 0.05) is 5.92 Å². The van der Waals surface area contributed by atoms with Gasteiger partial charge in [-0.15, -0.1) is 0 Å². The molecule has 3 heteroatoms. The van der Waals surface area contributed by atoms with E-state index in [0.717, 1.165) is 11.1 Å². The van der Waals surface area contributed by atoms with Crippen molar-refractivity contribution in [2.24, 2.45) is 0 Å². The minimum absolute atomic E-state index is 0.0355. The van der Waals surface area contributed by atoms with Crippen molar-refractivity contribution in [1.29, 1.82) is 0 Å². The molecule has 0 radical (unpaired) electrons. The van der Waals surface area contributed by atoms with Gasteiger partial charge in [0.2, 0.25) is 0 Å². The fourth-order valence-corrected chi connectivity index (χ4v) is 2.08. The summed E-state index contributed by atoms with van der Waals surface area (Å²) in [7, 11) is 0. The third kappa shape index (κ3) is 3.57. The average Bonchev–Trinajstić information content (AvgIpc) is 2.24. The summed E-state index contributed by atoms with van der Waals surface area (Å²) in [5.74, 6) is -1.20. The van der Waals surface area contributed by atoms with Crippen molar-refractivity contribution >= 4 is 5.97 Å². The molecule has 100 valence electrons. The number of aliphatic hydroxyl groups excluding tert-OH is 1. The number of hydrogen-bond acceptors (Lipinski definition) is 2. The van der Waals surface area contributed by atoms with Crippen molar-refractivity contribution in [3.63, 3.8) is 0 Å². The summed E-state index contributed by atoms with van der Waals surface area (Å²) < 4.78 is 0. The zero-order valence-corrected chi connectivity index (χ0v) is 11.5. The fourth-order valence-electron chi connectivity index (χ4n) is 2.08. The second-order valence-corrected chi connectivity index (χ2v) is 5.80. The molecule has 3 nitrogen and oxygen atoms in total. The van der Waals surface area contributed by atoms with E-state index in [1.54, 1.807) is 0 Å². The van der Waals surface area contributed by atoms with Gasteiger partial charge in [-0.1, -0.05) is 39.0 Å². The molecule has 1 aromatic rings. The van der Waals surface area contributed by atoms with Crippen LogP contribution in [0.1, 0.15) is 49.8 Å². The van der Waals surface area contributed by atoms with Crippen molar-refractivity contribution in [3.8, 4) is 0 Å². The first-order chi connectivity index (χ1) is 8.25. The lowest BCUT2D eigenvalue weighted by Crippen LogP contribution is -2.14. The molecule has 0 saturated heterocycles.